The summed E-state index contributed by atoms with van der Waals surface area (Å²) >= 11 is 0. The lowest BCUT2D eigenvalue weighted by molar-refractivity contribution is -0.00620. The van der Waals surface area contributed by atoms with Crippen LogP contribution in [0.4, 0.5) is 14.0 Å². The number of nitrogens with zero attached hydrogens (tertiary/aromatic N) is 2. The van der Waals surface area contributed by atoms with Crippen LogP contribution in [0.3, 0.4) is 0 Å². The molecule has 1 saturated heterocycles. The summed E-state index contributed by atoms with van der Waals surface area (Å²) in [4.78, 5) is 28.7. The molecule has 7 nitrogen and oxygen atoms in total. The molecule has 0 bridgehead atoms. The molecule has 0 saturated carbocycles. The number of rotatable bonds is 6. The zero-order valence-corrected chi connectivity index (χ0v) is 20.3. The van der Waals surface area contributed by atoms with Gasteiger partial charge in [0.05, 0.1) is 12.6 Å². The molecule has 34 heavy (non-hydrogen) atoms. The maximum Gasteiger partial charge on any atom is 0.410 e. The van der Waals surface area contributed by atoms with Crippen LogP contribution in [0.25, 0.3) is 0 Å². The Hall–Kier alpha value is -3.29. The highest BCUT2D eigenvalue weighted by atomic mass is 19.1. The standard InChI is InChI=1S/C26H33FN2O5/c1-19-10-11-23(22(27)16-19)32-15-12-21-17-28(13-14-29(21)25(31)34-26(2,3)4)24(30)33-18-20-8-6-5-7-9-20/h5-11,16,21H,12-15,17-18H2,1-4H3/t21-/m1/s1. The van der Waals surface area contributed by atoms with E-state index in [0.717, 1.165) is 11.1 Å². The molecule has 8 heteroatoms. The molecule has 3 rings (SSSR count). The number of piperazine rings is 1. The van der Waals surface area contributed by atoms with Gasteiger partial charge in [-0.1, -0.05) is 36.4 Å². The fourth-order valence-electron chi connectivity index (χ4n) is 3.67. The summed E-state index contributed by atoms with van der Waals surface area (Å²) in [5.74, 6) is -0.275. The largest absolute Gasteiger partial charge is 0.490 e. The molecule has 0 radical (unpaired) electrons. The highest BCUT2D eigenvalue weighted by Crippen LogP contribution is 2.21. The Morgan fingerprint density at radius 1 is 1.06 bits per heavy atom. The molecule has 184 valence electrons. The third-order valence-electron chi connectivity index (χ3n) is 5.37. The first-order valence-electron chi connectivity index (χ1n) is 11.5. The van der Waals surface area contributed by atoms with E-state index < -0.39 is 23.6 Å². The van der Waals surface area contributed by atoms with Crippen LogP contribution < -0.4 is 4.74 Å². The predicted octanol–water partition coefficient (Wildman–Crippen LogP) is 5.16. The minimum absolute atomic E-state index is 0.157. The number of ether oxygens (including phenoxy) is 3. The molecule has 0 unspecified atom stereocenters. The molecular formula is C26H33FN2O5. The fourth-order valence-corrected chi connectivity index (χ4v) is 3.67. The van der Waals surface area contributed by atoms with Crippen molar-refractivity contribution >= 4 is 12.2 Å². The van der Waals surface area contributed by atoms with Gasteiger partial charge in [0.15, 0.2) is 11.6 Å². The van der Waals surface area contributed by atoms with Gasteiger partial charge in [0.1, 0.15) is 12.2 Å². The molecule has 2 amide bonds. The molecule has 1 atom stereocenters. The van der Waals surface area contributed by atoms with Gasteiger partial charge in [-0.15, -0.1) is 0 Å². The smallest absolute Gasteiger partial charge is 0.410 e. The number of hydrogen-bond donors (Lipinski definition) is 0. The highest BCUT2D eigenvalue weighted by molar-refractivity contribution is 5.71. The number of carbonyl (C=O) groups is 2. The molecule has 0 aromatic heterocycles. The van der Waals surface area contributed by atoms with E-state index in [1.807, 2.05) is 30.3 Å². The van der Waals surface area contributed by atoms with Crippen molar-refractivity contribution in [2.24, 2.45) is 0 Å². The average Bonchev–Trinajstić information content (AvgIpc) is 2.78. The molecule has 1 aliphatic heterocycles. The Kier molecular flexibility index (Phi) is 8.36. The van der Waals surface area contributed by atoms with Gasteiger partial charge in [-0.2, -0.15) is 0 Å². The van der Waals surface area contributed by atoms with Gasteiger partial charge >= 0.3 is 12.2 Å². The molecular weight excluding hydrogens is 439 g/mol. The van der Waals surface area contributed by atoms with Crippen LogP contribution in [0, 0.1) is 12.7 Å². The van der Waals surface area contributed by atoms with E-state index in [9.17, 15) is 14.0 Å². The van der Waals surface area contributed by atoms with Crippen molar-refractivity contribution in [2.45, 2.75) is 52.4 Å². The van der Waals surface area contributed by atoms with Gasteiger partial charge < -0.3 is 24.0 Å². The lowest BCUT2D eigenvalue weighted by Gasteiger charge is -2.41. The molecule has 1 aliphatic rings. The van der Waals surface area contributed by atoms with Crippen molar-refractivity contribution in [3.63, 3.8) is 0 Å². The number of aryl methyl sites for hydroxylation is 1. The number of hydrogen-bond acceptors (Lipinski definition) is 5. The van der Waals surface area contributed by atoms with Crippen LogP contribution in [0.1, 0.15) is 38.3 Å². The lowest BCUT2D eigenvalue weighted by Crippen LogP contribution is -2.57. The van der Waals surface area contributed by atoms with Crippen molar-refractivity contribution in [2.75, 3.05) is 26.2 Å². The number of halogens is 1. The topological polar surface area (TPSA) is 68.3 Å². The quantitative estimate of drug-likeness (QED) is 0.581. The van der Waals surface area contributed by atoms with Crippen molar-refractivity contribution in [3.05, 3.63) is 65.5 Å². The van der Waals surface area contributed by atoms with Gasteiger partial charge in [-0.05, 0) is 51.0 Å². The number of amides is 2. The fraction of sp³-hybridized carbons (Fsp3) is 0.462. The highest BCUT2D eigenvalue weighted by Gasteiger charge is 2.35. The van der Waals surface area contributed by atoms with E-state index in [2.05, 4.69) is 0 Å². The Morgan fingerprint density at radius 2 is 1.79 bits per heavy atom. The maximum atomic E-state index is 14.1. The molecule has 0 spiro atoms. The van der Waals surface area contributed by atoms with E-state index in [4.69, 9.17) is 14.2 Å². The summed E-state index contributed by atoms with van der Waals surface area (Å²) in [6.07, 6.45) is -0.492. The summed E-state index contributed by atoms with van der Waals surface area (Å²) in [7, 11) is 0. The van der Waals surface area contributed by atoms with Crippen LogP contribution in [0.5, 0.6) is 5.75 Å². The Labute approximate surface area is 200 Å². The average molecular weight is 473 g/mol. The van der Waals surface area contributed by atoms with Gasteiger partial charge in [0, 0.05) is 26.1 Å². The van der Waals surface area contributed by atoms with Crippen molar-refractivity contribution < 1.29 is 28.2 Å². The number of carbonyl (C=O) groups excluding carboxylic acids is 2. The normalized spacial score (nSPS) is 16.2. The second-order valence-corrected chi connectivity index (χ2v) is 9.38. The van der Waals surface area contributed by atoms with Crippen LogP contribution in [0.15, 0.2) is 48.5 Å². The van der Waals surface area contributed by atoms with Gasteiger partial charge in [0.25, 0.3) is 0 Å². The molecule has 0 aliphatic carbocycles. The molecule has 1 fully saturated rings. The molecule has 0 N–H and O–H groups in total. The van der Waals surface area contributed by atoms with Crippen molar-refractivity contribution in [1.29, 1.82) is 0 Å². The van der Waals surface area contributed by atoms with E-state index in [0.29, 0.717) is 19.5 Å². The second-order valence-electron chi connectivity index (χ2n) is 9.38. The van der Waals surface area contributed by atoms with E-state index in [1.54, 1.807) is 49.6 Å². The van der Waals surface area contributed by atoms with E-state index >= 15 is 0 Å². The zero-order chi connectivity index (χ0) is 24.7. The SMILES string of the molecule is Cc1ccc(OCC[C@@H]2CN(C(=O)OCc3ccccc3)CCN2C(=O)OC(C)(C)C)c(F)c1. The Bertz CT molecular complexity index is 977. The summed E-state index contributed by atoms with van der Waals surface area (Å²) < 4.78 is 30.8. The van der Waals surface area contributed by atoms with Crippen LogP contribution in [-0.2, 0) is 16.1 Å². The number of benzene rings is 2. The third kappa shape index (κ3) is 7.37. The first-order valence-corrected chi connectivity index (χ1v) is 11.5. The second kappa shape index (κ2) is 11.2. The van der Waals surface area contributed by atoms with Crippen molar-refractivity contribution in [1.82, 2.24) is 9.80 Å². The monoisotopic (exact) mass is 472 g/mol. The van der Waals surface area contributed by atoms with Crippen molar-refractivity contribution in [3.8, 4) is 5.75 Å². The summed E-state index contributed by atoms with van der Waals surface area (Å²) in [5.41, 5.74) is 1.06. The summed E-state index contributed by atoms with van der Waals surface area (Å²) in [6, 6.07) is 13.9. The van der Waals surface area contributed by atoms with Gasteiger partial charge in [-0.3, -0.25) is 0 Å². The van der Waals surface area contributed by atoms with Crippen LogP contribution in [0.2, 0.25) is 0 Å². The third-order valence-corrected chi connectivity index (χ3v) is 5.37. The first-order chi connectivity index (χ1) is 16.1. The minimum atomic E-state index is -0.644. The van der Waals surface area contributed by atoms with Crippen LogP contribution >= 0.6 is 0 Å². The summed E-state index contributed by atoms with van der Waals surface area (Å²) in [5, 5.41) is 0. The predicted molar refractivity (Wildman–Crippen MR) is 126 cm³/mol. The van der Waals surface area contributed by atoms with Gasteiger partial charge in [0.2, 0.25) is 0 Å². The lowest BCUT2D eigenvalue weighted by atomic mass is 10.1. The zero-order valence-electron chi connectivity index (χ0n) is 20.3. The molecule has 1 heterocycles. The van der Waals surface area contributed by atoms with E-state index in [-0.39, 0.29) is 31.5 Å². The maximum absolute atomic E-state index is 14.1. The Morgan fingerprint density at radius 3 is 2.47 bits per heavy atom. The first kappa shape index (κ1) is 25.3. The van der Waals surface area contributed by atoms with E-state index in [1.165, 1.54) is 6.07 Å². The van der Waals surface area contributed by atoms with Gasteiger partial charge in [-0.25, -0.2) is 14.0 Å². The molecule has 2 aromatic rings. The minimum Gasteiger partial charge on any atom is -0.490 e. The van der Waals surface area contributed by atoms with Crippen LogP contribution in [-0.4, -0.2) is 59.9 Å². The molecule has 2 aromatic carbocycles. The Balaban J connectivity index is 1.63. The summed E-state index contributed by atoms with van der Waals surface area (Å²) in [6.45, 7) is 8.48.